The maximum atomic E-state index is 13.6. The Kier molecular flexibility index (Phi) is 4.40. The van der Waals surface area contributed by atoms with Crippen LogP contribution in [-0.4, -0.2) is 34.2 Å². The molecule has 0 amide bonds. The molecule has 162 valence electrons. The summed E-state index contributed by atoms with van der Waals surface area (Å²) < 4.78 is 45.0. The molecule has 0 fully saturated rings. The maximum absolute atomic E-state index is 13.6. The third-order valence-electron chi connectivity index (χ3n) is 5.23. The minimum atomic E-state index is -4.57. The summed E-state index contributed by atoms with van der Waals surface area (Å²) in [5.41, 5.74) is 3.52. The quantitative estimate of drug-likeness (QED) is 0.413. The second-order valence-electron chi connectivity index (χ2n) is 7.52. The molecule has 0 aliphatic carbocycles. The minimum absolute atomic E-state index is 0.0998. The second kappa shape index (κ2) is 7.04. The Hall–Kier alpha value is -3.95. The summed E-state index contributed by atoms with van der Waals surface area (Å²) in [7, 11) is 1.26. The Morgan fingerprint density at radius 3 is 2.34 bits per heavy atom. The Bertz CT molecular complexity index is 1440. The average molecular weight is 437 g/mol. The van der Waals surface area contributed by atoms with Crippen molar-refractivity contribution in [1.29, 1.82) is 0 Å². The van der Waals surface area contributed by atoms with Crippen LogP contribution in [0.5, 0.6) is 0 Å². The van der Waals surface area contributed by atoms with Crippen LogP contribution in [0.4, 0.5) is 13.2 Å². The standard InChI is InChI=1S/C22H18F3N7/c1-13-9-14(2)31(28-13)18-12-26-19-10-17(16-11-27-30(3)21(16)22(23,24)25)29-32(19)20(18)15-7-5-4-6-8-15/h4-12H,1-3H3. The van der Waals surface area contributed by atoms with Gasteiger partial charge in [-0.15, -0.1) is 0 Å². The molecule has 1 aromatic carbocycles. The highest BCUT2D eigenvalue weighted by Crippen LogP contribution is 2.37. The number of aryl methyl sites for hydroxylation is 3. The van der Waals surface area contributed by atoms with E-state index in [1.807, 2.05) is 50.2 Å². The van der Waals surface area contributed by atoms with Crippen LogP contribution in [0, 0.1) is 13.8 Å². The zero-order valence-electron chi connectivity index (χ0n) is 17.5. The van der Waals surface area contributed by atoms with Crippen LogP contribution in [0.2, 0.25) is 0 Å². The first kappa shape index (κ1) is 20.0. The molecule has 10 heteroatoms. The lowest BCUT2D eigenvalue weighted by Gasteiger charge is -2.13. The Balaban J connectivity index is 1.81. The van der Waals surface area contributed by atoms with E-state index in [0.717, 1.165) is 21.6 Å². The minimum Gasteiger partial charge on any atom is -0.263 e. The largest absolute Gasteiger partial charge is 0.433 e. The molecule has 0 bridgehead atoms. The summed E-state index contributed by atoms with van der Waals surface area (Å²) >= 11 is 0. The molecule has 5 rings (SSSR count). The molecule has 0 radical (unpaired) electrons. The number of hydrogen-bond acceptors (Lipinski definition) is 4. The van der Waals surface area contributed by atoms with Crippen molar-refractivity contribution in [3.63, 3.8) is 0 Å². The van der Waals surface area contributed by atoms with Crippen molar-refractivity contribution >= 4 is 5.65 Å². The molecule has 5 aromatic rings. The Morgan fingerprint density at radius 2 is 1.69 bits per heavy atom. The van der Waals surface area contributed by atoms with Gasteiger partial charge in [-0.25, -0.2) is 14.2 Å². The molecule has 0 saturated heterocycles. The van der Waals surface area contributed by atoms with Gasteiger partial charge in [0.15, 0.2) is 11.3 Å². The first-order chi connectivity index (χ1) is 15.2. The first-order valence-corrected chi connectivity index (χ1v) is 9.81. The van der Waals surface area contributed by atoms with Crippen LogP contribution in [0.25, 0.3) is 33.8 Å². The average Bonchev–Trinajstić information content (AvgIpc) is 3.43. The lowest BCUT2D eigenvalue weighted by Crippen LogP contribution is -2.13. The van der Waals surface area contributed by atoms with Gasteiger partial charge in [0.25, 0.3) is 0 Å². The van der Waals surface area contributed by atoms with Crippen molar-refractivity contribution in [2.45, 2.75) is 20.0 Å². The smallest absolute Gasteiger partial charge is 0.263 e. The molecule has 0 N–H and O–H groups in total. The number of benzene rings is 1. The number of aromatic nitrogens is 7. The fraction of sp³-hybridized carbons (Fsp3) is 0.182. The SMILES string of the molecule is Cc1cc(C)n(-c2cnc3cc(-c4cnn(C)c4C(F)(F)F)nn3c2-c2ccccc2)n1. The molecule has 32 heavy (non-hydrogen) atoms. The van der Waals surface area contributed by atoms with Crippen LogP contribution < -0.4 is 0 Å². The van der Waals surface area contributed by atoms with Crippen LogP contribution in [0.3, 0.4) is 0 Å². The molecule has 4 heterocycles. The topological polar surface area (TPSA) is 65.8 Å². The van der Waals surface area contributed by atoms with Gasteiger partial charge in [0.1, 0.15) is 11.4 Å². The van der Waals surface area contributed by atoms with E-state index in [9.17, 15) is 13.2 Å². The van der Waals surface area contributed by atoms with E-state index in [2.05, 4.69) is 20.3 Å². The number of hydrogen-bond donors (Lipinski definition) is 0. The van der Waals surface area contributed by atoms with Gasteiger partial charge in [-0.1, -0.05) is 30.3 Å². The molecule has 0 unspecified atom stereocenters. The van der Waals surface area contributed by atoms with Crippen LogP contribution in [-0.2, 0) is 13.2 Å². The highest BCUT2D eigenvalue weighted by molar-refractivity contribution is 5.74. The van der Waals surface area contributed by atoms with Gasteiger partial charge >= 0.3 is 6.18 Å². The van der Waals surface area contributed by atoms with E-state index in [1.165, 1.54) is 19.3 Å². The monoisotopic (exact) mass is 437 g/mol. The lowest BCUT2D eigenvalue weighted by molar-refractivity contribution is -0.143. The first-order valence-electron chi connectivity index (χ1n) is 9.81. The maximum Gasteiger partial charge on any atom is 0.433 e. The summed E-state index contributed by atoms with van der Waals surface area (Å²) in [5.74, 6) is 0. The zero-order chi connectivity index (χ0) is 22.6. The van der Waals surface area contributed by atoms with Crippen LogP contribution in [0.15, 0.2) is 54.9 Å². The third-order valence-corrected chi connectivity index (χ3v) is 5.23. The van der Waals surface area contributed by atoms with Crippen molar-refractivity contribution in [2.24, 2.45) is 7.05 Å². The van der Waals surface area contributed by atoms with Crippen LogP contribution >= 0.6 is 0 Å². The highest BCUT2D eigenvalue weighted by Gasteiger charge is 2.38. The molecule has 4 aromatic heterocycles. The number of alkyl halides is 3. The Morgan fingerprint density at radius 1 is 0.938 bits per heavy atom. The third kappa shape index (κ3) is 3.15. The van der Waals surface area contributed by atoms with Crippen molar-refractivity contribution in [2.75, 3.05) is 0 Å². The van der Waals surface area contributed by atoms with E-state index in [1.54, 1.807) is 15.4 Å². The van der Waals surface area contributed by atoms with Crippen molar-refractivity contribution in [3.05, 3.63) is 71.9 Å². The zero-order valence-corrected chi connectivity index (χ0v) is 17.5. The predicted molar refractivity (Wildman–Crippen MR) is 112 cm³/mol. The van der Waals surface area contributed by atoms with E-state index in [0.29, 0.717) is 17.0 Å². The van der Waals surface area contributed by atoms with Gasteiger partial charge in [-0.3, -0.25) is 4.68 Å². The van der Waals surface area contributed by atoms with Gasteiger partial charge in [-0.2, -0.15) is 28.5 Å². The summed E-state index contributed by atoms with van der Waals surface area (Å²) in [6.45, 7) is 3.82. The van der Waals surface area contributed by atoms with Gasteiger partial charge < -0.3 is 0 Å². The summed E-state index contributed by atoms with van der Waals surface area (Å²) in [6.07, 6.45) is -1.73. The summed E-state index contributed by atoms with van der Waals surface area (Å²) in [5, 5.41) is 12.9. The number of rotatable bonds is 3. The Labute approximate surface area is 180 Å². The van der Waals surface area contributed by atoms with Crippen LogP contribution in [0.1, 0.15) is 17.1 Å². The second-order valence-corrected chi connectivity index (χ2v) is 7.52. The number of fused-ring (bicyclic) bond motifs is 1. The molecule has 0 spiro atoms. The number of nitrogens with zero attached hydrogens (tertiary/aromatic N) is 7. The molecule has 0 saturated carbocycles. The molecule has 0 atom stereocenters. The van der Waals surface area contributed by atoms with Gasteiger partial charge in [0.05, 0.1) is 29.3 Å². The molecule has 7 nitrogen and oxygen atoms in total. The number of halogens is 3. The van der Waals surface area contributed by atoms with Gasteiger partial charge in [0, 0.05) is 24.4 Å². The predicted octanol–water partition coefficient (Wildman–Crippen LogP) is 4.62. The van der Waals surface area contributed by atoms with E-state index in [-0.39, 0.29) is 11.3 Å². The normalized spacial score (nSPS) is 12.1. The van der Waals surface area contributed by atoms with E-state index < -0.39 is 11.9 Å². The highest BCUT2D eigenvalue weighted by atomic mass is 19.4. The van der Waals surface area contributed by atoms with Gasteiger partial charge in [-0.05, 0) is 19.9 Å². The fourth-order valence-electron chi connectivity index (χ4n) is 3.91. The lowest BCUT2D eigenvalue weighted by atomic mass is 10.1. The van der Waals surface area contributed by atoms with Crippen molar-refractivity contribution in [1.82, 2.24) is 34.2 Å². The summed E-state index contributed by atoms with van der Waals surface area (Å²) in [4.78, 5) is 4.47. The molecular formula is C22H18F3N7. The van der Waals surface area contributed by atoms with Gasteiger partial charge in [0.2, 0.25) is 0 Å². The molecule has 0 aliphatic rings. The van der Waals surface area contributed by atoms with Crippen molar-refractivity contribution < 1.29 is 13.2 Å². The molecular weight excluding hydrogens is 419 g/mol. The molecule has 0 aliphatic heterocycles. The van der Waals surface area contributed by atoms with E-state index >= 15 is 0 Å². The fourth-order valence-corrected chi connectivity index (χ4v) is 3.91. The summed E-state index contributed by atoms with van der Waals surface area (Å²) in [6, 6.07) is 13.0. The van der Waals surface area contributed by atoms with Crippen molar-refractivity contribution in [3.8, 4) is 28.2 Å². The van der Waals surface area contributed by atoms with E-state index in [4.69, 9.17) is 0 Å².